The highest BCUT2D eigenvalue weighted by Gasteiger charge is 2.24. The van der Waals surface area contributed by atoms with E-state index in [0.717, 1.165) is 70.6 Å². The van der Waals surface area contributed by atoms with Crippen LogP contribution in [-0.4, -0.2) is 47.8 Å². The zero-order valence-corrected chi connectivity index (χ0v) is 35.1. The number of rotatable bonds is 36. The Morgan fingerprint density at radius 3 is 1.27 bits per heavy atom. The lowest BCUT2D eigenvalue weighted by atomic mass is 10.1. The molecular formula is C42H73Cl3O7. The first-order valence-corrected chi connectivity index (χ1v) is 21.8. The summed E-state index contributed by atoms with van der Waals surface area (Å²) in [7, 11) is 0. The van der Waals surface area contributed by atoms with E-state index in [2.05, 4.69) is 38.2 Å². The fourth-order valence-corrected chi connectivity index (χ4v) is 5.81. The topological polar surface area (TPSA) is 88.1 Å². The maximum atomic E-state index is 12.6. The second-order valence-electron chi connectivity index (χ2n) is 13.9. The molecule has 0 bridgehead atoms. The molecule has 0 fully saturated rings. The molecule has 0 aromatic carbocycles. The van der Waals surface area contributed by atoms with Crippen LogP contribution in [0.4, 0.5) is 4.79 Å². The maximum Gasteiger partial charge on any atom is 0.508 e. The summed E-state index contributed by atoms with van der Waals surface area (Å²) in [5.74, 6) is -0.816. The minimum absolute atomic E-state index is 0.222. The molecule has 0 aliphatic rings. The Hall–Kier alpha value is -1.44. The van der Waals surface area contributed by atoms with Crippen molar-refractivity contribution in [3.05, 3.63) is 24.3 Å². The van der Waals surface area contributed by atoms with Crippen molar-refractivity contribution in [2.45, 2.75) is 204 Å². The van der Waals surface area contributed by atoms with Crippen LogP contribution in [0.1, 0.15) is 194 Å². The maximum absolute atomic E-state index is 12.6. The second-order valence-corrected chi connectivity index (χ2v) is 16.4. The van der Waals surface area contributed by atoms with Crippen LogP contribution in [0, 0.1) is 0 Å². The molecule has 0 aliphatic carbocycles. The summed E-state index contributed by atoms with van der Waals surface area (Å²) in [5.41, 5.74) is 0. The molecular weight excluding hydrogens is 723 g/mol. The van der Waals surface area contributed by atoms with Crippen molar-refractivity contribution in [2.24, 2.45) is 0 Å². The largest absolute Gasteiger partial charge is 0.508 e. The van der Waals surface area contributed by atoms with Crippen LogP contribution in [0.15, 0.2) is 24.3 Å². The SMILES string of the molecule is CCCCCCCC/C=C/CCCCCCCC(=O)OC[C@@H](COC(=O)OCC(Cl)(Cl)Cl)OC(=O)CCCCCCC/C=C/CCCCCCCC. The fraction of sp³-hybridized carbons (Fsp3) is 0.833. The van der Waals surface area contributed by atoms with E-state index in [1.165, 1.54) is 89.9 Å². The molecule has 0 heterocycles. The number of hydrogen-bond donors (Lipinski definition) is 0. The van der Waals surface area contributed by atoms with Crippen LogP contribution in [0.25, 0.3) is 0 Å². The van der Waals surface area contributed by atoms with E-state index in [9.17, 15) is 14.4 Å². The first-order valence-electron chi connectivity index (χ1n) is 20.7. The van der Waals surface area contributed by atoms with Crippen LogP contribution in [0.2, 0.25) is 0 Å². The number of alkyl halides is 3. The predicted molar refractivity (Wildman–Crippen MR) is 217 cm³/mol. The van der Waals surface area contributed by atoms with Gasteiger partial charge in [0.2, 0.25) is 3.79 Å². The van der Waals surface area contributed by atoms with Gasteiger partial charge in [-0.2, -0.15) is 0 Å². The lowest BCUT2D eigenvalue weighted by molar-refractivity contribution is -0.162. The minimum atomic E-state index is -1.78. The predicted octanol–water partition coefficient (Wildman–Crippen LogP) is 14.0. The summed E-state index contributed by atoms with van der Waals surface area (Å²) in [5, 5.41) is 0. The molecule has 0 N–H and O–H groups in total. The molecule has 0 rings (SSSR count). The lowest BCUT2D eigenvalue weighted by Gasteiger charge is -2.18. The van der Waals surface area contributed by atoms with E-state index in [-0.39, 0.29) is 32.0 Å². The van der Waals surface area contributed by atoms with Crippen molar-refractivity contribution < 1.29 is 33.3 Å². The third-order valence-electron chi connectivity index (χ3n) is 8.75. The average Bonchev–Trinajstić information content (AvgIpc) is 3.11. The summed E-state index contributed by atoms with van der Waals surface area (Å²) in [6.45, 7) is 3.42. The number of ether oxygens (including phenoxy) is 4. The molecule has 0 unspecified atom stereocenters. The first kappa shape index (κ1) is 50.6. The van der Waals surface area contributed by atoms with Gasteiger partial charge >= 0.3 is 18.1 Å². The van der Waals surface area contributed by atoms with Gasteiger partial charge in [0, 0.05) is 12.8 Å². The Bertz CT molecular complexity index is 904. The fourth-order valence-electron chi connectivity index (χ4n) is 5.64. The number of carbonyl (C=O) groups is 3. The molecule has 0 spiro atoms. The van der Waals surface area contributed by atoms with Crippen molar-refractivity contribution in [2.75, 3.05) is 19.8 Å². The van der Waals surface area contributed by atoms with Gasteiger partial charge in [0.05, 0.1) is 0 Å². The average molecular weight is 796 g/mol. The highest BCUT2D eigenvalue weighted by atomic mass is 35.6. The highest BCUT2D eigenvalue weighted by Crippen LogP contribution is 2.26. The van der Waals surface area contributed by atoms with E-state index >= 15 is 0 Å². The van der Waals surface area contributed by atoms with Gasteiger partial charge < -0.3 is 18.9 Å². The molecule has 0 amide bonds. The summed E-state index contributed by atoms with van der Waals surface area (Å²) in [6.07, 6.45) is 38.2. The Kier molecular flexibility index (Phi) is 36.8. The first-order chi connectivity index (χ1) is 25.2. The third kappa shape index (κ3) is 39.8. The third-order valence-corrected chi connectivity index (χ3v) is 9.08. The molecule has 0 saturated heterocycles. The minimum Gasteiger partial charge on any atom is -0.462 e. The lowest BCUT2D eigenvalue weighted by Crippen LogP contribution is -2.31. The summed E-state index contributed by atoms with van der Waals surface area (Å²) in [4.78, 5) is 36.9. The molecule has 0 aromatic heterocycles. The summed E-state index contributed by atoms with van der Waals surface area (Å²) < 4.78 is 18.9. The van der Waals surface area contributed by atoms with E-state index in [1.54, 1.807) is 0 Å². The highest BCUT2D eigenvalue weighted by molar-refractivity contribution is 6.67. The van der Waals surface area contributed by atoms with Crippen molar-refractivity contribution in [1.29, 1.82) is 0 Å². The normalized spacial score (nSPS) is 12.4. The molecule has 1 atom stereocenters. The van der Waals surface area contributed by atoms with Crippen LogP contribution >= 0.6 is 34.8 Å². The smallest absolute Gasteiger partial charge is 0.462 e. The van der Waals surface area contributed by atoms with Gasteiger partial charge in [0.25, 0.3) is 0 Å². The summed E-state index contributed by atoms with van der Waals surface area (Å²) >= 11 is 16.8. The van der Waals surface area contributed by atoms with Gasteiger partial charge in [-0.05, 0) is 64.2 Å². The zero-order chi connectivity index (χ0) is 38.4. The van der Waals surface area contributed by atoms with Crippen molar-refractivity contribution in [1.82, 2.24) is 0 Å². The van der Waals surface area contributed by atoms with Crippen LogP contribution < -0.4 is 0 Å². The van der Waals surface area contributed by atoms with Crippen LogP contribution in [0.3, 0.4) is 0 Å². The Balaban J connectivity index is 4.23. The Morgan fingerprint density at radius 2 is 0.846 bits per heavy atom. The molecule has 304 valence electrons. The van der Waals surface area contributed by atoms with Crippen molar-refractivity contribution in [3.8, 4) is 0 Å². The molecule has 0 saturated carbocycles. The van der Waals surface area contributed by atoms with Gasteiger partial charge in [-0.25, -0.2) is 4.79 Å². The quantitative estimate of drug-likeness (QED) is 0.0205. The Labute approximate surface area is 332 Å². The number of carbonyl (C=O) groups excluding carboxylic acids is 3. The Morgan fingerprint density at radius 1 is 0.481 bits per heavy atom. The number of hydrogen-bond acceptors (Lipinski definition) is 7. The van der Waals surface area contributed by atoms with E-state index < -0.39 is 28.6 Å². The van der Waals surface area contributed by atoms with E-state index in [0.29, 0.717) is 6.42 Å². The number of halogens is 3. The van der Waals surface area contributed by atoms with Crippen LogP contribution in [-0.2, 0) is 28.5 Å². The molecule has 0 aromatic rings. The molecule has 0 aliphatic heterocycles. The van der Waals surface area contributed by atoms with Gasteiger partial charge in [0.15, 0.2) is 6.10 Å². The van der Waals surface area contributed by atoms with Crippen molar-refractivity contribution >= 4 is 52.9 Å². The van der Waals surface area contributed by atoms with Crippen LogP contribution in [0.5, 0.6) is 0 Å². The number of esters is 2. The molecule has 10 heteroatoms. The molecule has 52 heavy (non-hydrogen) atoms. The number of allylic oxidation sites excluding steroid dienone is 4. The van der Waals surface area contributed by atoms with Gasteiger partial charge in [-0.3, -0.25) is 9.59 Å². The molecule has 0 radical (unpaired) electrons. The van der Waals surface area contributed by atoms with Gasteiger partial charge in [0.1, 0.15) is 19.8 Å². The zero-order valence-electron chi connectivity index (χ0n) is 32.8. The van der Waals surface area contributed by atoms with Gasteiger partial charge in [-0.1, -0.05) is 176 Å². The second kappa shape index (κ2) is 37.9. The van der Waals surface area contributed by atoms with E-state index in [4.69, 9.17) is 53.8 Å². The monoisotopic (exact) mass is 794 g/mol. The standard InChI is InChI=1S/C42H73Cl3O7/c1-3-5-7-9-11-13-15-17-19-21-23-25-27-29-31-33-39(46)49-35-38(36-50-41(48)51-37-42(43,44)45)52-40(47)34-32-30-28-26-24-22-20-18-16-14-12-10-8-6-4-2/h17-20,38H,3-16,21-37H2,1-2H3/b19-17+,20-18+/t38-/m0/s1. The molecule has 7 nitrogen and oxygen atoms in total. The van der Waals surface area contributed by atoms with Crippen molar-refractivity contribution in [3.63, 3.8) is 0 Å². The van der Waals surface area contributed by atoms with E-state index in [1.807, 2.05) is 0 Å². The number of unbranched alkanes of at least 4 members (excludes halogenated alkanes) is 22. The summed E-state index contributed by atoms with van der Waals surface area (Å²) in [6, 6.07) is 0. The van der Waals surface area contributed by atoms with Gasteiger partial charge in [-0.15, -0.1) is 0 Å².